The van der Waals surface area contributed by atoms with E-state index in [1.54, 1.807) is 0 Å². The van der Waals surface area contributed by atoms with Crippen LogP contribution in [0.5, 0.6) is 5.75 Å². The van der Waals surface area contributed by atoms with E-state index in [1.165, 1.54) is 22.9 Å². The molecule has 0 amide bonds. The first-order valence-corrected chi connectivity index (χ1v) is 7.39. The lowest BCUT2D eigenvalue weighted by Gasteiger charge is -2.09. The zero-order valence-electron chi connectivity index (χ0n) is 12.0. The third-order valence-corrected chi connectivity index (χ3v) is 3.15. The number of halogens is 1. The fourth-order valence-electron chi connectivity index (χ4n) is 2.46. The molecule has 0 saturated heterocycles. The summed E-state index contributed by atoms with van der Waals surface area (Å²) in [6, 6.07) is 7.91. The van der Waals surface area contributed by atoms with Crippen LogP contribution in [0.1, 0.15) is 25.0 Å². The van der Waals surface area contributed by atoms with Gasteiger partial charge in [-0.05, 0) is 29.9 Å². The predicted molar refractivity (Wildman–Crippen MR) is 85.7 cm³/mol. The summed E-state index contributed by atoms with van der Waals surface area (Å²) in [5.41, 5.74) is 3.68. The summed E-state index contributed by atoms with van der Waals surface area (Å²) in [5, 5.41) is 15.4. The molecule has 104 valence electrons. The van der Waals surface area contributed by atoms with E-state index in [0.29, 0.717) is 5.75 Å². The van der Waals surface area contributed by atoms with Gasteiger partial charge in [0.25, 0.3) is 0 Å². The lowest BCUT2D eigenvalue weighted by molar-refractivity contribution is 0.482. The highest BCUT2D eigenvalue weighted by molar-refractivity contribution is 6.15. The van der Waals surface area contributed by atoms with Gasteiger partial charge in [-0.2, -0.15) is 0 Å². The maximum atomic E-state index is 9.92. The molecule has 1 aliphatic heterocycles. The number of rotatable bonds is 0. The van der Waals surface area contributed by atoms with Gasteiger partial charge in [0.2, 0.25) is 0 Å². The normalized spacial score (nSPS) is 11.6. The van der Waals surface area contributed by atoms with Crippen molar-refractivity contribution in [2.75, 3.05) is 18.2 Å². The lowest BCUT2D eigenvalue weighted by Crippen LogP contribution is -1.90. The van der Waals surface area contributed by atoms with Crippen molar-refractivity contribution >= 4 is 28.1 Å². The van der Waals surface area contributed by atoms with Gasteiger partial charge in [-0.25, -0.2) is 0 Å². The van der Waals surface area contributed by atoms with Crippen LogP contribution in [0, 0.1) is 6.92 Å². The molecule has 0 saturated carbocycles. The number of anilines is 1. The topological polar surface area (TPSA) is 32.3 Å². The standard InChI is InChI=1S/C13H13NO.C2H6.CH3Cl/c1-8-3-2-4-10-12(15)7-11-9(13(8)10)5-6-14-11;2*1-2/h2-4,7,14-15H,5-6H2,1H3;1-2H3;1H3. The maximum absolute atomic E-state index is 9.92. The highest BCUT2D eigenvalue weighted by Gasteiger charge is 2.16. The molecule has 0 aliphatic carbocycles. The summed E-state index contributed by atoms with van der Waals surface area (Å²) in [5.74, 6) is 0.377. The van der Waals surface area contributed by atoms with Crippen molar-refractivity contribution in [3.63, 3.8) is 0 Å². The van der Waals surface area contributed by atoms with E-state index in [-0.39, 0.29) is 0 Å². The molecule has 2 N–H and O–H groups in total. The Morgan fingerprint density at radius 2 is 1.89 bits per heavy atom. The third-order valence-electron chi connectivity index (χ3n) is 3.15. The fourth-order valence-corrected chi connectivity index (χ4v) is 2.46. The van der Waals surface area contributed by atoms with Crippen LogP contribution in [0.15, 0.2) is 24.3 Å². The van der Waals surface area contributed by atoms with Gasteiger partial charge >= 0.3 is 0 Å². The number of fused-ring (bicyclic) bond motifs is 3. The molecule has 0 unspecified atom stereocenters. The summed E-state index contributed by atoms with van der Waals surface area (Å²) in [7, 11) is 0. The summed E-state index contributed by atoms with van der Waals surface area (Å²) < 4.78 is 0. The van der Waals surface area contributed by atoms with Crippen LogP contribution < -0.4 is 5.32 Å². The molecule has 1 heterocycles. The van der Waals surface area contributed by atoms with Crippen molar-refractivity contribution in [1.82, 2.24) is 0 Å². The second-order valence-corrected chi connectivity index (χ2v) is 4.10. The number of alkyl halides is 1. The summed E-state index contributed by atoms with van der Waals surface area (Å²) in [4.78, 5) is 0. The number of phenolic OH excluding ortho intramolecular Hbond substituents is 1. The van der Waals surface area contributed by atoms with Crippen LogP contribution in [0.2, 0.25) is 0 Å². The second-order valence-electron chi connectivity index (χ2n) is 4.10. The molecule has 3 heteroatoms. The molecule has 2 aromatic carbocycles. The summed E-state index contributed by atoms with van der Waals surface area (Å²) in [6.07, 6.45) is 2.52. The van der Waals surface area contributed by atoms with Crippen LogP contribution >= 0.6 is 11.6 Å². The van der Waals surface area contributed by atoms with Crippen molar-refractivity contribution in [2.45, 2.75) is 27.2 Å². The third kappa shape index (κ3) is 2.95. The Kier molecular flexibility index (Phi) is 5.97. The van der Waals surface area contributed by atoms with Gasteiger partial charge in [0.1, 0.15) is 5.75 Å². The molecule has 1 aliphatic rings. The fraction of sp³-hybridized carbons (Fsp3) is 0.375. The van der Waals surface area contributed by atoms with Gasteiger partial charge in [0.05, 0.1) is 0 Å². The Balaban J connectivity index is 0.000000415. The molecule has 19 heavy (non-hydrogen) atoms. The Morgan fingerprint density at radius 3 is 2.58 bits per heavy atom. The average Bonchev–Trinajstić information content (AvgIpc) is 2.91. The molecule has 0 atom stereocenters. The number of nitrogens with one attached hydrogen (secondary N) is 1. The van der Waals surface area contributed by atoms with Gasteiger partial charge in [-0.3, -0.25) is 0 Å². The number of hydrogen-bond donors (Lipinski definition) is 2. The van der Waals surface area contributed by atoms with Gasteiger partial charge in [0.15, 0.2) is 0 Å². The van der Waals surface area contributed by atoms with Crippen LogP contribution in [-0.4, -0.2) is 18.0 Å². The molecule has 2 aromatic rings. The molecule has 2 nitrogen and oxygen atoms in total. The minimum atomic E-state index is 0.377. The van der Waals surface area contributed by atoms with Crippen molar-refractivity contribution in [1.29, 1.82) is 0 Å². The SMILES string of the molecule is CC.CCl.Cc1cccc2c(O)cc3c(c12)CCN3. The number of phenols is 1. The highest BCUT2D eigenvalue weighted by Crippen LogP contribution is 2.37. The molecule has 0 fully saturated rings. The maximum Gasteiger partial charge on any atom is 0.125 e. The van der Waals surface area contributed by atoms with Gasteiger partial charge in [-0.15, -0.1) is 11.6 Å². The van der Waals surface area contributed by atoms with Crippen LogP contribution in [0.3, 0.4) is 0 Å². The van der Waals surface area contributed by atoms with E-state index in [2.05, 4.69) is 29.9 Å². The van der Waals surface area contributed by atoms with Crippen LogP contribution in [0.4, 0.5) is 5.69 Å². The molecular weight excluding hydrogens is 258 g/mol. The van der Waals surface area contributed by atoms with Gasteiger partial charge in [-0.1, -0.05) is 32.0 Å². The highest BCUT2D eigenvalue weighted by atomic mass is 35.5. The smallest absolute Gasteiger partial charge is 0.125 e. The average molecular weight is 280 g/mol. The van der Waals surface area contributed by atoms with E-state index in [0.717, 1.165) is 24.0 Å². The molecule has 0 bridgehead atoms. The van der Waals surface area contributed by atoms with E-state index in [4.69, 9.17) is 0 Å². The minimum Gasteiger partial charge on any atom is -0.507 e. The van der Waals surface area contributed by atoms with Gasteiger partial charge in [0, 0.05) is 30.1 Å². The van der Waals surface area contributed by atoms with E-state index in [1.807, 2.05) is 32.0 Å². The molecular formula is C16H22ClNO. The number of benzene rings is 2. The van der Waals surface area contributed by atoms with E-state index >= 15 is 0 Å². The second kappa shape index (κ2) is 7.25. The Labute approximate surface area is 120 Å². The van der Waals surface area contributed by atoms with Crippen molar-refractivity contribution in [2.24, 2.45) is 0 Å². The number of aromatic hydroxyl groups is 1. The Morgan fingerprint density at radius 1 is 1.21 bits per heavy atom. The first-order chi connectivity index (χ1) is 9.27. The summed E-state index contributed by atoms with van der Waals surface area (Å²) >= 11 is 4.64. The Bertz CT molecular complexity index is 552. The van der Waals surface area contributed by atoms with Crippen molar-refractivity contribution in [3.8, 4) is 5.75 Å². The molecule has 3 rings (SSSR count). The van der Waals surface area contributed by atoms with Gasteiger partial charge < -0.3 is 10.4 Å². The number of hydrogen-bond acceptors (Lipinski definition) is 2. The van der Waals surface area contributed by atoms with Crippen molar-refractivity contribution < 1.29 is 5.11 Å². The monoisotopic (exact) mass is 279 g/mol. The molecule has 0 spiro atoms. The Hall–Kier alpha value is -1.41. The van der Waals surface area contributed by atoms with E-state index in [9.17, 15) is 5.11 Å². The zero-order chi connectivity index (χ0) is 14.4. The first kappa shape index (κ1) is 15.6. The minimum absolute atomic E-state index is 0.377. The lowest BCUT2D eigenvalue weighted by atomic mass is 9.97. The largest absolute Gasteiger partial charge is 0.507 e. The van der Waals surface area contributed by atoms with E-state index < -0.39 is 0 Å². The zero-order valence-corrected chi connectivity index (χ0v) is 12.8. The number of aryl methyl sites for hydroxylation is 1. The van der Waals surface area contributed by atoms with Crippen molar-refractivity contribution in [3.05, 3.63) is 35.4 Å². The predicted octanol–water partition coefficient (Wildman–Crippen LogP) is 4.70. The quantitative estimate of drug-likeness (QED) is 0.685. The van der Waals surface area contributed by atoms with Crippen LogP contribution in [-0.2, 0) is 6.42 Å². The molecule has 0 aromatic heterocycles. The molecule has 0 radical (unpaired) electrons. The summed E-state index contributed by atoms with van der Waals surface area (Å²) in [6.45, 7) is 7.07. The first-order valence-electron chi connectivity index (χ1n) is 6.63. The van der Waals surface area contributed by atoms with Crippen LogP contribution in [0.25, 0.3) is 10.8 Å².